The minimum Gasteiger partial charge on any atom is -0.467 e. The van der Waals surface area contributed by atoms with Crippen molar-refractivity contribution in [2.75, 3.05) is 18.9 Å². The predicted octanol–water partition coefficient (Wildman–Crippen LogP) is 2.92. The summed E-state index contributed by atoms with van der Waals surface area (Å²) in [5.41, 5.74) is 3.37. The van der Waals surface area contributed by atoms with E-state index in [0.717, 1.165) is 27.5 Å². The molecular formula is C22H24ClN4O2+. The molecule has 7 heteroatoms. The molecule has 0 aliphatic rings. The first-order chi connectivity index (χ1) is 13.9. The lowest BCUT2D eigenvalue weighted by atomic mass is 10.2. The van der Waals surface area contributed by atoms with Crippen molar-refractivity contribution >= 4 is 23.3 Å². The summed E-state index contributed by atoms with van der Waals surface area (Å²) in [7, 11) is 1.96. The fraction of sp³-hybridized carbons (Fsp3) is 0.273. The number of benzene rings is 1. The third-order valence-electron chi connectivity index (χ3n) is 4.97. The Balaban J connectivity index is 1.74. The molecule has 0 saturated heterocycles. The number of quaternary nitrogens is 1. The van der Waals surface area contributed by atoms with E-state index in [1.54, 1.807) is 6.26 Å². The number of rotatable bonds is 7. The number of carbonyl (C=O) groups is 1. The van der Waals surface area contributed by atoms with Gasteiger partial charge in [-0.3, -0.25) is 4.79 Å². The monoisotopic (exact) mass is 411 g/mol. The molecule has 1 atom stereocenters. The lowest BCUT2D eigenvalue weighted by Gasteiger charge is -2.15. The molecule has 0 bridgehead atoms. The van der Waals surface area contributed by atoms with Crippen LogP contribution in [-0.2, 0) is 17.9 Å². The van der Waals surface area contributed by atoms with Crippen molar-refractivity contribution in [3.05, 3.63) is 75.8 Å². The van der Waals surface area contributed by atoms with Gasteiger partial charge in [-0.1, -0.05) is 23.7 Å². The van der Waals surface area contributed by atoms with Gasteiger partial charge in [-0.25, -0.2) is 0 Å². The molecule has 1 amide bonds. The number of nitrogens with one attached hydrogen (secondary N) is 2. The molecule has 6 nitrogen and oxygen atoms in total. The molecule has 0 saturated carbocycles. The summed E-state index contributed by atoms with van der Waals surface area (Å²) in [6.45, 7) is 5.25. The van der Waals surface area contributed by atoms with Gasteiger partial charge in [0, 0.05) is 16.3 Å². The van der Waals surface area contributed by atoms with E-state index in [4.69, 9.17) is 16.0 Å². The van der Waals surface area contributed by atoms with Gasteiger partial charge < -0.3 is 19.2 Å². The van der Waals surface area contributed by atoms with Crippen LogP contribution in [0.5, 0.6) is 0 Å². The molecular weight excluding hydrogens is 388 g/mol. The standard InChI is InChI=1S/C22H23ClN4O2/c1-15-16(2)27(13-19-5-4-10-29-19)22(20(15)11-24)25-21(28)14-26(3)12-17-6-8-18(23)9-7-17/h4-10H,12-14H2,1-3H3,(H,25,28)/p+1. The summed E-state index contributed by atoms with van der Waals surface area (Å²) in [6.07, 6.45) is 1.61. The molecule has 3 aromatic rings. The fourth-order valence-corrected chi connectivity index (χ4v) is 3.48. The molecule has 1 aromatic carbocycles. The van der Waals surface area contributed by atoms with Gasteiger partial charge in [-0.15, -0.1) is 0 Å². The summed E-state index contributed by atoms with van der Waals surface area (Å²) in [4.78, 5) is 13.7. The van der Waals surface area contributed by atoms with Gasteiger partial charge in [-0.2, -0.15) is 5.26 Å². The quantitative estimate of drug-likeness (QED) is 0.627. The first kappa shape index (κ1) is 20.7. The van der Waals surface area contributed by atoms with Crippen molar-refractivity contribution in [2.24, 2.45) is 0 Å². The Hall–Kier alpha value is -3.01. The molecule has 0 fully saturated rings. The van der Waals surface area contributed by atoms with Crippen molar-refractivity contribution in [3.63, 3.8) is 0 Å². The van der Waals surface area contributed by atoms with Crippen LogP contribution in [-0.4, -0.2) is 24.1 Å². The summed E-state index contributed by atoms with van der Waals surface area (Å²) in [5.74, 6) is 1.13. The maximum Gasteiger partial charge on any atom is 0.280 e. The van der Waals surface area contributed by atoms with Crippen LogP contribution in [0.1, 0.15) is 28.1 Å². The molecule has 2 heterocycles. The molecule has 2 aromatic heterocycles. The highest BCUT2D eigenvalue weighted by Gasteiger charge is 2.21. The van der Waals surface area contributed by atoms with Crippen LogP contribution in [0.15, 0.2) is 47.1 Å². The first-order valence-electron chi connectivity index (χ1n) is 9.36. The number of hydrogen-bond donors (Lipinski definition) is 2. The van der Waals surface area contributed by atoms with Gasteiger partial charge in [-0.05, 0) is 43.7 Å². The molecule has 2 N–H and O–H groups in total. The first-order valence-corrected chi connectivity index (χ1v) is 9.74. The molecule has 3 rings (SSSR count). The Morgan fingerprint density at radius 3 is 2.62 bits per heavy atom. The van der Waals surface area contributed by atoms with E-state index in [2.05, 4.69) is 11.4 Å². The van der Waals surface area contributed by atoms with Crippen LogP contribution in [0.2, 0.25) is 5.02 Å². The lowest BCUT2D eigenvalue weighted by molar-refractivity contribution is -0.885. The predicted molar refractivity (Wildman–Crippen MR) is 112 cm³/mol. The second-order valence-corrected chi connectivity index (χ2v) is 7.63. The van der Waals surface area contributed by atoms with Gasteiger partial charge in [0.25, 0.3) is 5.91 Å². The van der Waals surface area contributed by atoms with Gasteiger partial charge >= 0.3 is 0 Å². The average molecular weight is 412 g/mol. The van der Waals surface area contributed by atoms with E-state index in [0.29, 0.717) is 29.5 Å². The topological polar surface area (TPSA) is 75.4 Å². The lowest BCUT2D eigenvalue weighted by Crippen LogP contribution is -3.08. The maximum atomic E-state index is 12.7. The number of amides is 1. The van der Waals surface area contributed by atoms with Crippen LogP contribution in [0, 0.1) is 25.2 Å². The number of carbonyl (C=O) groups excluding carboxylic acids is 1. The molecule has 0 radical (unpaired) electrons. The Morgan fingerprint density at radius 1 is 1.28 bits per heavy atom. The Morgan fingerprint density at radius 2 is 2.00 bits per heavy atom. The van der Waals surface area contributed by atoms with Crippen LogP contribution < -0.4 is 10.2 Å². The van der Waals surface area contributed by atoms with Crippen LogP contribution >= 0.6 is 11.6 Å². The molecule has 150 valence electrons. The molecule has 0 aliphatic carbocycles. The van der Waals surface area contributed by atoms with Crippen LogP contribution in [0.4, 0.5) is 5.82 Å². The van der Waals surface area contributed by atoms with E-state index < -0.39 is 0 Å². The summed E-state index contributed by atoms with van der Waals surface area (Å²) < 4.78 is 7.36. The number of aromatic nitrogens is 1. The van der Waals surface area contributed by atoms with Crippen molar-refractivity contribution in [1.29, 1.82) is 5.26 Å². The van der Waals surface area contributed by atoms with E-state index in [-0.39, 0.29) is 12.5 Å². The summed E-state index contributed by atoms with van der Waals surface area (Å²) in [5, 5.41) is 13.3. The van der Waals surface area contributed by atoms with E-state index in [1.165, 1.54) is 0 Å². The Labute approximate surface area is 175 Å². The second-order valence-electron chi connectivity index (χ2n) is 7.20. The van der Waals surface area contributed by atoms with E-state index >= 15 is 0 Å². The smallest absolute Gasteiger partial charge is 0.280 e. The van der Waals surface area contributed by atoms with Gasteiger partial charge in [0.15, 0.2) is 6.54 Å². The third kappa shape index (κ3) is 4.89. The zero-order chi connectivity index (χ0) is 21.0. The zero-order valence-electron chi connectivity index (χ0n) is 16.8. The number of likely N-dealkylation sites (N-methyl/N-ethyl adjacent to an activating group) is 1. The van der Waals surface area contributed by atoms with Crippen molar-refractivity contribution in [2.45, 2.75) is 26.9 Å². The minimum absolute atomic E-state index is 0.147. The number of hydrogen-bond acceptors (Lipinski definition) is 3. The zero-order valence-corrected chi connectivity index (χ0v) is 17.5. The Bertz CT molecular complexity index is 1030. The normalized spacial score (nSPS) is 11.8. The minimum atomic E-state index is -0.147. The fourth-order valence-electron chi connectivity index (χ4n) is 3.35. The van der Waals surface area contributed by atoms with Crippen LogP contribution in [0.25, 0.3) is 0 Å². The van der Waals surface area contributed by atoms with E-state index in [9.17, 15) is 10.1 Å². The molecule has 0 spiro atoms. The molecule has 29 heavy (non-hydrogen) atoms. The largest absolute Gasteiger partial charge is 0.467 e. The van der Waals surface area contributed by atoms with Crippen molar-refractivity contribution < 1.29 is 14.1 Å². The van der Waals surface area contributed by atoms with Crippen molar-refractivity contribution in [3.8, 4) is 6.07 Å². The third-order valence-corrected chi connectivity index (χ3v) is 5.23. The van der Waals surface area contributed by atoms with Gasteiger partial charge in [0.05, 0.1) is 25.4 Å². The van der Waals surface area contributed by atoms with Gasteiger partial charge in [0.1, 0.15) is 24.2 Å². The highest BCUT2D eigenvalue weighted by molar-refractivity contribution is 6.30. The summed E-state index contributed by atoms with van der Waals surface area (Å²) in [6, 6.07) is 13.5. The number of halogens is 1. The number of furan rings is 1. The maximum absolute atomic E-state index is 12.7. The average Bonchev–Trinajstić information content (AvgIpc) is 3.26. The number of anilines is 1. The SMILES string of the molecule is Cc1c(C#N)c(NC(=O)C[NH+](C)Cc2ccc(Cl)cc2)n(Cc2ccco2)c1C. The number of nitrogens with zero attached hydrogens (tertiary/aromatic N) is 2. The van der Waals surface area contributed by atoms with Crippen molar-refractivity contribution in [1.82, 2.24) is 4.57 Å². The second kappa shape index (κ2) is 8.99. The highest BCUT2D eigenvalue weighted by atomic mass is 35.5. The molecule has 0 aliphatic heterocycles. The van der Waals surface area contributed by atoms with Gasteiger partial charge in [0.2, 0.25) is 0 Å². The summed E-state index contributed by atoms with van der Waals surface area (Å²) >= 11 is 5.93. The van der Waals surface area contributed by atoms with Crippen LogP contribution in [0.3, 0.4) is 0 Å². The number of nitriles is 1. The van der Waals surface area contributed by atoms with E-state index in [1.807, 2.05) is 61.9 Å². The highest BCUT2D eigenvalue weighted by Crippen LogP contribution is 2.27. The molecule has 1 unspecified atom stereocenters. The Kier molecular flexibility index (Phi) is 6.42.